The molecular formula is C14H21BrN2. The minimum Gasteiger partial charge on any atom is -0.271 e. The van der Waals surface area contributed by atoms with Crippen molar-refractivity contribution in [3.8, 4) is 0 Å². The lowest BCUT2D eigenvalue weighted by Crippen LogP contribution is -2.29. The third-order valence-electron chi connectivity index (χ3n) is 3.78. The highest BCUT2D eigenvalue weighted by atomic mass is 79.9. The van der Waals surface area contributed by atoms with Crippen molar-refractivity contribution in [2.75, 3.05) is 0 Å². The molecule has 1 aromatic carbocycles. The summed E-state index contributed by atoms with van der Waals surface area (Å²) >= 11 is 3.64. The molecule has 0 spiro atoms. The Labute approximate surface area is 112 Å². The van der Waals surface area contributed by atoms with E-state index in [2.05, 4.69) is 46.5 Å². The summed E-state index contributed by atoms with van der Waals surface area (Å²) in [5, 5.41) is 0. The largest absolute Gasteiger partial charge is 0.271 e. The molecule has 1 atom stereocenters. The first-order chi connectivity index (χ1) is 8.20. The van der Waals surface area contributed by atoms with Gasteiger partial charge in [0.1, 0.15) is 0 Å². The Hall–Kier alpha value is -0.380. The average Bonchev–Trinajstić information content (AvgIpc) is 2.79. The summed E-state index contributed by atoms with van der Waals surface area (Å²) < 4.78 is 1.17. The van der Waals surface area contributed by atoms with E-state index in [1.54, 1.807) is 0 Å². The number of nitrogens with two attached hydrogens (primary N) is 1. The van der Waals surface area contributed by atoms with E-state index in [-0.39, 0.29) is 6.04 Å². The molecule has 0 heterocycles. The van der Waals surface area contributed by atoms with Gasteiger partial charge in [-0.25, -0.2) is 0 Å². The zero-order chi connectivity index (χ0) is 12.3. The molecule has 17 heavy (non-hydrogen) atoms. The van der Waals surface area contributed by atoms with Gasteiger partial charge >= 0.3 is 0 Å². The van der Waals surface area contributed by atoms with Crippen LogP contribution in [0.3, 0.4) is 0 Å². The van der Waals surface area contributed by atoms with E-state index >= 15 is 0 Å². The molecule has 1 unspecified atom stereocenters. The van der Waals surface area contributed by atoms with E-state index in [9.17, 15) is 0 Å². The standard InChI is InChI=1S/C14H21BrN2/c1-10-6-7-12(13(15)8-10)14(17-16)9-11-4-2-3-5-11/h6-8,11,14,17H,2-5,9,16H2,1H3. The summed E-state index contributed by atoms with van der Waals surface area (Å²) in [4.78, 5) is 0. The second kappa shape index (κ2) is 5.98. The molecule has 0 aliphatic heterocycles. The lowest BCUT2D eigenvalue weighted by atomic mass is 9.93. The molecule has 2 nitrogen and oxygen atoms in total. The van der Waals surface area contributed by atoms with Crippen molar-refractivity contribution in [1.82, 2.24) is 5.43 Å². The van der Waals surface area contributed by atoms with Crippen LogP contribution in [0, 0.1) is 12.8 Å². The molecule has 0 radical (unpaired) electrons. The minimum atomic E-state index is 0.271. The Balaban J connectivity index is 2.10. The molecule has 1 fully saturated rings. The number of aryl methyl sites for hydroxylation is 1. The van der Waals surface area contributed by atoms with Crippen LogP contribution in [-0.4, -0.2) is 0 Å². The van der Waals surface area contributed by atoms with Crippen LogP contribution in [-0.2, 0) is 0 Å². The van der Waals surface area contributed by atoms with Gasteiger partial charge in [0.25, 0.3) is 0 Å². The lowest BCUT2D eigenvalue weighted by molar-refractivity contribution is 0.399. The van der Waals surface area contributed by atoms with Crippen LogP contribution < -0.4 is 11.3 Å². The van der Waals surface area contributed by atoms with Gasteiger partial charge in [-0.1, -0.05) is 53.7 Å². The van der Waals surface area contributed by atoms with Crippen LogP contribution >= 0.6 is 15.9 Å². The lowest BCUT2D eigenvalue weighted by Gasteiger charge is -2.21. The smallest absolute Gasteiger partial charge is 0.0473 e. The third-order valence-corrected chi connectivity index (χ3v) is 4.46. The van der Waals surface area contributed by atoms with E-state index in [4.69, 9.17) is 5.84 Å². The van der Waals surface area contributed by atoms with Gasteiger partial charge in [-0.15, -0.1) is 0 Å². The second-order valence-electron chi connectivity index (χ2n) is 5.13. The number of nitrogens with one attached hydrogen (secondary N) is 1. The van der Waals surface area contributed by atoms with E-state index in [1.165, 1.54) is 41.3 Å². The van der Waals surface area contributed by atoms with Crippen LogP contribution in [0.5, 0.6) is 0 Å². The topological polar surface area (TPSA) is 38.0 Å². The van der Waals surface area contributed by atoms with Crippen LogP contribution in [0.25, 0.3) is 0 Å². The predicted molar refractivity (Wildman–Crippen MR) is 75.5 cm³/mol. The van der Waals surface area contributed by atoms with Crippen LogP contribution in [0.15, 0.2) is 22.7 Å². The van der Waals surface area contributed by atoms with Gasteiger partial charge < -0.3 is 0 Å². The fourth-order valence-corrected chi connectivity index (χ4v) is 3.55. The Kier molecular flexibility index (Phi) is 4.60. The van der Waals surface area contributed by atoms with E-state index < -0.39 is 0 Å². The van der Waals surface area contributed by atoms with Gasteiger partial charge in [-0.2, -0.15) is 0 Å². The number of hydrogen-bond acceptors (Lipinski definition) is 2. The highest BCUT2D eigenvalue weighted by molar-refractivity contribution is 9.10. The number of hydrazine groups is 1. The van der Waals surface area contributed by atoms with Gasteiger partial charge in [0.15, 0.2) is 0 Å². The van der Waals surface area contributed by atoms with Crippen molar-refractivity contribution in [3.63, 3.8) is 0 Å². The predicted octanol–water partition coefficient (Wildman–Crippen LogP) is 3.84. The molecule has 0 amide bonds. The maximum absolute atomic E-state index is 5.72. The molecule has 3 heteroatoms. The van der Waals surface area contributed by atoms with Crippen molar-refractivity contribution in [2.24, 2.45) is 11.8 Å². The number of halogens is 1. The highest BCUT2D eigenvalue weighted by Gasteiger charge is 2.21. The Morgan fingerprint density at radius 1 is 1.41 bits per heavy atom. The van der Waals surface area contributed by atoms with Crippen LogP contribution in [0.2, 0.25) is 0 Å². The number of hydrogen-bond donors (Lipinski definition) is 2. The van der Waals surface area contributed by atoms with Gasteiger partial charge in [-0.05, 0) is 36.5 Å². The molecule has 1 aliphatic carbocycles. The molecule has 0 aromatic heterocycles. The summed E-state index contributed by atoms with van der Waals surface area (Å²) in [6.45, 7) is 2.11. The summed E-state index contributed by atoms with van der Waals surface area (Å²) in [6.07, 6.45) is 6.65. The monoisotopic (exact) mass is 296 g/mol. The van der Waals surface area contributed by atoms with E-state index in [0.29, 0.717) is 0 Å². The summed E-state index contributed by atoms with van der Waals surface area (Å²) in [6, 6.07) is 6.76. The van der Waals surface area contributed by atoms with Crippen molar-refractivity contribution >= 4 is 15.9 Å². The van der Waals surface area contributed by atoms with Gasteiger partial charge in [-0.3, -0.25) is 11.3 Å². The maximum atomic E-state index is 5.72. The molecule has 0 saturated heterocycles. The summed E-state index contributed by atoms with van der Waals surface area (Å²) in [5.74, 6) is 6.56. The first-order valence-electron chi connectivity index (χ1n) is 6.43. The van der Waals surface area contributed by atoms with Crippen molar-refractivity contribution < 1.29 is 0 Å². The number of benzene rings is 1. The molecule has 0 bridgehead atoms. The zero-order valence-corrected chi connectivity index (χ0v) is 12.0. The van der Waals surface area contributed by atoms with Crippen molar-refractivity contribution in [3.05, 3.63) is 33.8 Å². The first-order valence-corrected chi connectivity index (χ1v) is 7.22. The van der Waals surface area contributed by atoms with Crippen molar-refractivity contribution in [2.45, 2.75) is 45.1 Å². The van der Waals surface area contributed by atoms with Gasteiger partial charge in [0.2, 0.25) is 0 Å². The van der Waals surface area contributed by atoms with E-state index in [0.717, 1.165) is 12.3 Å². The molecule has 1 saturated carbocycles. The van der Waals surface area contributed by atoms with Crippen LogP contribution in [0.4, 0.5) is 0 Å². The molecule has 1 aliphatic rings. The highest BCUT2D eigenvalue weighted by Crippen LogP contribution is 2.35. The summed E-state index contributed by atoms with van der Waals surface area (Å²) in [7, 11) is 0. The fraction of sp³-hybridized carbons (Fsp3) is 0.571. The normalized spacial score (nSPS) is 18.5. The molecule has 94 valence electrons. The van der Waals surface area contributed by atoms with Crippen LogP contribution in [0.1, 0.15) is 49.3 Å². The third kappa shape index (κ3) is 3.30. The average molecular weight is 297 g/mol. The van der Waals surface area contributed by atoms with Gasteiger partial charge in [0.05, 0.1) is 0 Å². The summed E-state index contributed by atoms with van der Waals surface area (Å²) in [5.41, 5.74) is 5.53. The van der Waals surface area contributed by atoms with E-state index in [1.807, 2.05) is 0 Å². The van der Waals surface area contributed by atoms with Crippen molar-refractivity contribution in [1.29, 1.82) is 0 Å². The molecule has 3 N–H and O–H groups in total. The fourth-order valence-electron chi connectivity index (χ4n) is 2.78. The Bertz CT molecular complexity index is 372. The maximum Gasteiger partial charge on any atom is 0.0473 e. The second-order valence-corrected chi connectivity index (χ2v) is 5.98. The number of rotatable bonds is 4. The zero-order valence-electron chi connectivity index (χ0n) is 10.4. The molecule has 1 aromatic rings. The quantitative estimate of drug-likeness (QED) is 0.654. The Morgan fingerprint density at radius 3 is 2.71 bits per heavy atom. The minimum absolute atomic E-state index is 0.271. The van der Waals surface area contributed by atoms with Gasteiger partial charge in [0, 0.05) is 10.5 Å². The SMILES string of the molecule is Cc1ccc(C(CC2CCCC2)NN)c(Br)c1. The molecular weight excluding hydrogens is 276 g/mol. The Morgan fingerprint density at radius 2 is 2.12 bits per heavy atom. The molecule has 2 rings (SSSR count). The first kappa shape index (κ1) is 13.1.